The summed E-state index contributed by atoms with van der Waals surface area (Å²) in [7, 11) is 0. The number of halogens is 4. The molecule has 0 saturated carbocycles. The van der Waals surface area contributed by atoms with E-state index in [1.165, 1.54) is 6.20 Å². The molecule has 0 radical (unpaired) electrons. The van der Waals surface area contributed by atoms with Crippen LogP contribution in [0, 0.1) is 0 Å². The van der Waals surface area contributed by atoms with Gasteiger partial charge in [-0.25, -0.2) is 0 Å². The zero-order valence-corrected chi connectivity index (χ0v) is 12.3. The van der Waals surface area contributed by atoms with Crippen molar-refractivity contribution in [2.75, 3.05) is 0 Å². The first-order valence-corrected chi connectivity index (χ1v) is 7.36. The van der Waals surface area contributed by atoms with Crippen LogP contribution >= 0.6 is 15.9 Å². The maximum absolute atomic E-state index is 13.0. The Kier molecular flexibility index (Phi) is 4.86. The fourth-order valence-corrected chi connectivity index (χ4v) is 2.51. The SMILES string of the molecule is FC(F)(F)c1c(CBr)cnn1CCCc1ccccc1. The lowest BCUT2D eigenvalue weighted by atomic mass is 10.1. The first-order valence-electron chi connectivity index (χ1n) is 6.24. The van der Waals surface area contributed by atoms with Crippen LogP contribution in [-0.2, 0) is 24.5 Å². The van der Waals surface area contributed by atoms with Gasteiger partial charge in [0.1, 0.15) is 5.69 Å². The monoisotopic (exact) mass is 346 g/mol. The molecule has 1 aromatic carbocycles. The molecule has 0 fully saturated rings. The molecule has 6 heteroatoms. The van der Waals surface area contributed by atoms with Crippen LogP contribution in [0.3, 0.4) is 0 Å². The molecule has 0 saturated heterocycles. The number of aromatic nitrogens is 2. The van der Waals surface area contributed by atoms with Crippen molar-refractivity contribution >= 4 is 15.9 Å². The van der Waals surface area contributed by atoms with E-state index in [0.29, 0.717) is 6.42 Å². The Morgan fingerprint density at radius 3 is 2.45 bits per heavy atom. The van der Waals surface area contributed by atoms with Crippen molar-refractivity contribution in [3.63, 3.8) is 0 Å². The third-order valence-electron chi connectivity index (χ3n) is 3.01. The summed E-state index contributed by atoms with van der Waals surface area (Å²) in [4.78, 5) is 0. The van der Waals surface area contributed by atoms with Gasteiger partial charge in [-0.05, 0) is 18.4 Å². The Hall–Kier alpha value is -1.30. The van der Waals surface area contributed by atoms with Crippen LogP contribution in [0.15, 0.2) is 36.5 Å². The van der Waals surface area contributed by atoms with Gasteiger partial charge in [0, 0.05) is 17.4 Å². The number of benzene rings is 1. The van der Waals surface area contributed by atoms with E-state index in [9.17, 15) is 13.2 Å². The molecule has 0 aliphatic heterocycles. The van der Waals surface area contributed by atoms with Crippen LogP contribution in [0.25, 0.3) is 0 Å². The van der Waals surface area contributed by atoms with Crippen LogP contribution in [0.4, 0.5) is 13.2 Å². The average molecular weight is 347 g/mol. The van der Waals surface area contributed by atoms with Crippen LogP contribution in [0.1, 0.15) is 23.2 Å². The predicted octanol–water partition coefficient (Wildman–Crippen LogP) is 4.43. The highest BCUT2D eigenvalue weighted by molar-refractivity contribution is 9.08. The molecule has 0 aliphatic rings. The van der Waals surface area contributed by atoms with Crippen LogP contribution in [-0.4, -0.2) is 9.78 Å². The highest BCUT2D eigenvalue weighted by Crippen LogP contribution is 2.33. The van der Waals surface area contributed by atoms with Crippen molar-refractivity contribution in [2.45, 2.75) is 30.9 Å². The number of hydrogen-bond acceptors (Lipinski definition) is 1. The van der Waals surface area contributed by atoms with Crippen molar-refractivity contribution < 1.29 is 13.2 Å². The zero-order valence-electron chi connectivity index (χ0n) is 10.7. The molecular weight excluding hydrogens is 333 g/mol. The molecule has 1 aromatic heterocycles. The van der Waals surface area contributed by atoms with Gasteiger partial charge in [0.15, 0.2) is 0 Å². The van der Waals surface area contributed by atoms with Gasteiger partial charge in [0.2, 0.25) is 0 Å². The molecule has 2 nitrogen and oxygen atoms in total. The lowest BCUT2D eigenvalue weighted by Crippen LogP contribution is -2.16. The average Bonchev–Trinajstić information content (AvgIpc) is 2.83. The molecule has 2 rings (SSSR count). The summed E-state index contributed by atoms with van der Waals surface area (Å²) in [5.74, 6) is 0. The van der Waals surface area contributed by atoms with Crippen molar-refractivity contribution in [3.8, 4) is 0 Å². The molecule has 0 aliphatic carbocycles. The number of rotatable bonds is 5. The first kappa shape index (κ1) is 15.1. The molecule has 2 aromatic rings. The third kappa shape index (κ3) is 3.62. The fourth-order valence-electron chi connectivity index (χ4n) is 2.10. The van der Waals surface area contributed by atoms with E-state index < -0.39 is 11.9 Å². The van der Waals surface area contributed by atoms with Gasteiger partial charge in [-0.3, -0.25) is 4.68 Å². The Labute approximate surface area is 123 Å². The fraction of sp³-hybridized carbons (Fsp3) is 0.357. The summed E-state index contributed by atoms with van der Waals surface area (Å²) in [5, 5.41) is 4.00. The molecule has 0 spiro atoms. The number of hydrogen-bond donors (Lipinski definition) is 0. The van der Waals surface area contributed by atoms with Gasteiger partial charge in [0.25, 0.3) is 0 Å². The minimum absolute atomic E-state index is 0.153. The highest BCUT2D eigenvalue weighted by atomic mass is 79.9. The molecule has 20 heavy (non-hydrogen) atoms. The van der Waals surface area contributed by atoms with E-state index in [1.54, 1.807) is 0 Å². The lowest BCUT2D eigenvalue weighted by Gasteiger charge is -2.12. The molecule has 0 unspecified atom stereocenters. The van der Waals surface area contributed by atoms with E-state index in [4.69, 9.17) is 0 Å². The van der Waals surface area contributed by atoms with Crippen molar-refractivity contribution in [1.29, 1.82) is 0 Å². The van der Waals surface area contributed by atoms with Gasteiger partial charge in [-0.15, -0.1) is 0 Å². The van der Waals surface area contributed by atoms with E-state index in [1.807, 2.05) is 30.3 Å². The Morgan fingerprint density at radius 2 is 1.85 bits per heavy atom. The van der Waals surface area contributed by atoms with Crippen molar-refractivity contribution in [1.82, 2.24) is 9.78 Å². The van der Waals surface area contributed by atoms with Crippen LogP contribution in [0.5, 0.6) is 0 Å². The van der Waals surface area contributed by atoms with E-state index in [2.05, 4.69) is 21.0 Å². The number of alkyl halides is 4. The van der Waals surface area contributed by atoms with E-state index in [-0.39, 0.29) is 17.4 Å². The minimum Gasteiger partial charge on any atom is -0.260 e. The number of aryl methyl sites for hydroxylation is 2. The summed E-state index contributed by atoms with van der Waals surface area (Å²) in [6.07, 6.45) is -1.73. The summed E-state index contributed by atoms with van der Waals surface area (Å²) in [5.41, 5.74) is 0.647. The van der Waals surface area contributed by atoms with E-state index >= 15 is 0 Å². The normalized spacial score (nSPS) is 11.8. The van der Waals surface area contributed by atoms with Crippen molar-refractivity contribution in [3.05, 3.63) is 53.3 Å². The van der Waals surface area contributed by atoms with E-state index in [0.717, 1.165) is 16.7 Å². The molecular formula is C14H14BrF3N2. The summed E-state index contributed by atoms with van der Waals surface area (Å²) < 4.78 is 40.0. The minimum atomic E-state index is -4.37. The second-order valence-electron chi connectivity index (χ2n) is 4.46. The Bertz CT molecular complexity index is 549. The van der Waals surface area contributed by atoms with Gasteiger partial charge >= 0.3 is 6.18 Å². The highest BCUT2D eigenvalue weighted by Gasteiger charge is 2.37. The van der Waals surface area contributed by atoms with Gasteiger partial charge in [-0.1, -0.05) is 46.3 Å². The standard InChI is InChI=1S/C14H14BrF3N2/c15-9-12-10-19-20(13(12)14(16,17)18)8-4-7-11-5-2-1-3-6-11/h1-3,5-6,10H,4,7-9H2. The molecule has 0 amide bonds. The largest absolute Gasteiger partial charge is 0.433 e. The van der Waals surface area contributed by atoms with Crippen LogP contribution < -0.4 is 0 Å². The smallest absolute Gasteiger partial charge is 0.260 e. The molecule has 0 bridgehead atoms. The third-order valence-corrected chi connectivity index (χ3v) is 3.61. The molecule has 108 valence electrons. The second kappa shape index (κ2) is 6.43. The van der Waals surface area contributed by atoms with Gasteiger partial charge in [0.05, 0.1) is 6.20 Å². The maximum atomic E-state index is 13.0. The Morgan fingerprint density at radius 1 is 1.15 bits per heavy atom. The maximum Gasteiger partial charge on any atom is 0.433 e. The topological polar surface area (TPSA) is 17.8 Å². The van der Waals surface area contributed by atoms with Gasteiger partial charge in [-0.2, -0.15) is 18.3 Å². The summed E-state index contributed by atoms with van der Waals surface area (Å²) in [6.45, 7) is 0.261. The molecule has 1 heterocycles. The number of nitrogens with zero attached hydrogens (tertiary/aromatic N) is 2. The predicted molar refractivity (Wildman–Crippen MR) is 74.6 cm³/mol. The summed E-state index contributed by atoms with van der Waals surface area (Å²) in [6, 6.07) is 9.71. The Balaban J connectivity index is 2.05. The first-order chi connectivity index (χ1) is 9.52. The van der Waals surface area contributed by atoms with Gasteiger partial charge < -0.3 is 0 Å². The second-order valence-corrected chi connectivity index (χ2v) is 5.02. The lowest BCUT2D eigenvalue weighted by molar-refractivity contribution is -0.144. The molecule has 0 N–H and O–H groups in total. The quantitative estimate of drug-likeness (QED) is 0.732. The zero-order chi connectivity index (χ0) is 14.6. The summed E-state index contributed by atoms with van der Waals surface area (Å²) >= 11 is 3.07. The molecule has 0 atom stereocenters. The van der Waals surface area contributed by atoms with Crippen LogP contribution in [0.2, 0.25) is 0 Å². The van der Waals surface area contributed by atoms with Crippen molar-refractivity contribution in [2.24, 2.45) is 0 Å².